The Kier molecular flexibility index (Phi) is 4.45. The number of aliphatic hydroxyl groups excluding tert-OH is 1. The van der Waals surface area contributed by atoms with Crippen molar-refractivity contribution in [2.75, 3.05) is 0 Å². The highest BCUT2D eigenvalue weighted by molar-refractivity contribution is 9.10. The first kappa shape index (κ1) is 14.8. The van der Waals surface area contributed by atoms with E-state index < -0.39 is 6.10 Å². The van der Waals surface area contributed by atoms with Crippen LogP contribution in [0, 0.1) is 0 Å². The van der Waals surface area contributed by atoms with E-state index in [0.717, 1.165) is 42.4 Å². The highest BCUT2D eigenvalue weighted by Gasteiger charge is 2.30. The van der Waals surface area contributed by atoms with E-state index in [-0.39, 0.29) is 5.92 Å². The van der Waals surface area contributed by atoms with Crippen LogP contribution >= 0.6 is 15.9 Å². The van der Waals surface area contributed by atoms with Crippen LogP contribution < -0.4 is 0 Å². The number of aromatic nitrogens is 2. The summed E-state index contributed by atoms with van der Waals surface area (Å²) in [6.45, 7) is 2.97. The van der Waals surface area contributed by atoms with E-state index in [1.165, 1.54) is 11.1 Å². The van der Waals surface area contributed by atoms with Gasteiger partial charge in [0.1, 0.15) is 6.10 Å². The van der Waals surface area contributed by atoms with Crippen LogP contribution in [-0.2, 0) is 13.0 Å². The van der Waals surface area contributed by atoms with Crippen molar-refractivity contribution in [2.24, 2.45) is 0 Å². The fourth-order valence-electron chi connectivity index (χ4n) is 3.37. The number of aliphatic hydroxyl groups is 1. The van der Waals surface area contributed by atoms with Crippen LogP contribution in [0.25, 0.3) is 0 Å². The maximum atomic E-state index is 11.0. The average Bonchev–Trinajstić information content (AvgIpc) is 2.87. The average molecular weight is 349 g/mol. The van der Waals surface area contributed by atoms with E-state index in [4.69, 9.17) is 0 Å². The molecule has 2 aromatic rings. The zero-order valence-electron chi connectivity index (χ0n) is 12.3. The van der Waals surface area contributed by atoms with Gasteiger partial charge in [0, 0.05) is 12.5 Å². The van der Waals surface area contributed by atoms with Gasteiger partial charge in [-0.2, -0.15) is 5.10 Å². The summed E-state index contributed by atoms with van der Waals surface area (Å²) >= 11 is 3.55. The third kappa shape index (κ3) is 2.79. The number of halogens is 1. The molecular formula is C17H21BrN2O. The van der Waals surface area contributed by atoms with E-state index in [2.05, 4.69) is 52.2 Å². The van der Waals surface area contributed by atoms with Gasteiger partial charge in [0.05, 0.1) is 16.4 Å². The second kappa shape index (κ2) is 6.32. The molecule has 21 heavy (non-hydrogen) atoms. The standard InChI is InChI=1S/C17H21BrN2O/c1-2-10-20-16(15(18)11-19-20)17(21)14-9-5-7-12-6-3-4-8-13(12)14/h3-4,6,8,11,14,17,21H,2,5,7,9-10H2,1H3. The Bertz CT molecular complexity index is 623. The number of benzene rings is 1. The Morgan fingerprint density at radius 1 is 1.43 bits per heavy atom. The molecule has 0 spiro atoms. The highest BCUT2D eigenvalue weighted by Crippen LogP contribution is 2.41. The number of aryl methyl sites for hydroxylation is 2. The van der Waals surface area contributed by atoms with Crippen molar-refractivity contribution in [1.82, 2.24) is 9.78 Å². The second-order valence-electron chi connectivity index (χ2n) is 5.74. The van der Waals surface area contributed by atoms with E-state index in [0.29, 0.717) is 0 Å². The van der Waals surface area contributed by atoms with Gasteiger partial charge >= 0.3 is 0 Å². The second-order valence-corrected chi connectivity index (χ2v) is 6.60. The monoisotopic (exact) mass is 348 g/mol. The summed E-state index contributed by atoms with van der Waals surface area (Å²) < 4.78 is 2.85. The minimum absolute atomic E-state index is 0.165. The molecule has 1 aromatic heterocycles. The van der Waals surface area contributed by atoms with Crippen molar-refractivity contribution >= 4 is 15.9 Å². The van der Waals surface area contributed by atoms with Crippen molar-refractivity contribution in [2.45, 2.75) is 51.2 Å². The molecule has 2 atom stereocenters. The summed E-state index contributed by atoms with van der Waals surface area (Å²) in [4.78, 5) is 0. The molecule has 2 unspecified atom stereocenters. The van der Waals surface area contributed by atoms with E-state index in [1.54, 1.807) is 6.20 Å². The Labute approximate surface area is 134 Å². The molecule has 0 aliphatic heterocycles. The fraction of sp³-hybridized carbons (Fsp3) is 0.471. The summed E-state index contributed by atoms with van der Waals surface area (Å²) in [6.07, 6.45) is 5.59. The lowest BCUT2D eigenvalue weighted by molar-refractivity contribution is 0.125. The van der Waals surface area contributed by atoms with Crippen molar-refractivity contribution in [1.29, 1.82) is 0 Å². The van der Waals surface area contributed by atoms with E-state index in [9.17, 15) is 5.11 Å². The van der Waals surface area contributed by atoms with Crippen molar-refractivity contribution < 1.29 is 5.11 Å². The number of hydrogen-bond acceptors (Lipinski definition) is 2. The Morgan fingerprint density at radius 3 is 3.05 bits per heavy atom. The molecule has 1 aliphatic rings. The minimum atomic E-state index is -0.505. The molecule has 3 rings (SSSR count). The Hall–Kier alpha value is -1.13. The predicted molar refractivity (Wildman–Crippen MR) is 87.3 cm³/mol. The number of nitrogens with zero attached hydrogens (tertiary/aromatic N) is 2. The zero-order valence-corrected chi connectivity index (χ0v) is 13.9. The first-order valence-corrected chi connectivity index (χ1v) is 8.48. The maximum absolute atomic E-state index is 11.0. The fourth-order valence-corrected chi connectivity index (χ4v) is 3.90. The molecule has 1 heterocycles. The highest BCUT2D eigenvalue weighted by atomic mass is 79.9. The molecule has 0 amide bonds. The van der Waals surface area contributed by atoms with Crippen LogP contribution in [0.1, 0.15) is 55.0 Å². The molecule has 3 nitrogen and oxygen atoms in total. The van der Waals surface area contributed by atoms with Crippen LogP contribution in [0.5, 0.6) is 0 Å². The Balaban J connectivity index is 1.96. The van der Waals surface area contributed by atoms with Gasteiger partial charge in [-0.05, 0) is 52.7 Å². The van der Waals surface area contributed by atoms with Crippen LogP contribution in [0.3, 0.4) is 0 Å². The number of fused-ring (bicyclic) bond motifs is 1. The molecular weight excluding hydrogens is 328 g/mol. The molecule has 4 heteroatoms. The predicted octanol–water partition coefficient (Wildman–Crippen LogP) is 4.21. The van der Waals surface area contributed by atoms with Crippen molar-refractivity contribution in [3.05, 3.63) is 51.8 Å². The van der Waals surface area contributed by atoms with Crippen molar-refractivity contribution in [3.8, 4) is 0 Å². The van der Waals surface area contributed by atoms with Crippen LogP contribution in [0.2, 0.25) is 0 Å². The third-order valence-electron chi connectivity index (χ3n) is 4.35. The lowest BCUT2D eigenvalue weighted by atomic mass is 9.79. The van der Waals surface area contributed by atoms with Crippen LogP contribution in [-0.4, -0.2) is 14.9 Å². The zero-order chi connectivity index (χ0) is 14.8. The third-order valence-corrected chi connectivity index (χ3v) is 4.96. The van der Waals surface area contributed by atoms with Gasteiger partial charge in [-0.15, -0.1) is 0 Å². The molecule has 0 fully saturated rings. The lowest BCUT2D eigenvalue weighted by Crippen LogP contribution is -2.20. The first-order chi connectivity index (χ1) is 10.2. The molecule has 112 valence electrons. The summed E-state index contributed by atoms with van der Waals surface area (Å²) in [5.74, 6) is 0.165. The summed E-state index contributed by atoms with van der Waals surface area (Å²) in [6, 6.07) is 8.51. The SMILES string of the molecule is CCCn1ncc(Br)c1C(O)C1CCCc2ccccc21. The Morgan fingerprint density at radius 2 is 2.24 bits per heavy atom. The van der Waals surface area contributed by atoms with Gasteiger partial charge < -0.3 is 5.11 Å². The summed E-state index contributed by atoms with van der Waals surface area (Å²) in [7, 11) is 0. The van der Waals surface area contributed by atoms with Gasteiger partial charge in [0.15, 0.2) is 0 Å². The quantitative estimate of drug-likeness (QED) is 0.898. The van der Waals surface area contributed by atoms with Gasteiger partial charge in [0.2, 0.25) is 0 Å². The van der Waals surface area contributed by atoms with Crippen LogP contribution in [0.15, 0.2) is 34.9 Å². The van der Waals surface area contributed by atoms with Gasteiger partial charge in [-0.25, -0.2) is 0 Å². The minimum Gasteiger partial charge on any atom is -0.386 e. The normalized spacial score (nSPS) is 19.3. The molecule has 0 radical (unpaired) electrons. The van der Waals surface area contributed by atoms with Crippen LogP contribution in [0.4, 0.5) is 0 Å². The summed E-state index contributed by atoms with van der Waals surface area (Å²) in [5, 5.41) is 15.4. The first-order valence-electron chi connectivity index (χ1n) is 7.69. The molecule has 0 saturated carbocycles. The van der Waals surface area contributed by atoms with Crippen molar-refractivity contribution in [3.63, 3.8) is 0 Å². The van der Waals surface area contributed by atoms with Gasteiger partial charge in [0.25, 0.3) is 0 Å². The molecule has 0 bridgehead atoms. The molecule has 0 saturated heterocycles. The largest absolute Gasteiger partial charge is 0.386 e. The smallest absolute Gasteiger partial charge is 0.104 e. The van der Waals surface area contributed by atoms with E-state index in [1.807, 2.05) is 4.68 Å². The topological polar surface area (TPSA) is 38.0 Å². The molecule has 1 aliphatic carbocycles. The van der Waals surface area contributed by atoms with Gasteiger partial charge in [-0.1, -0.05) is 31.2 Å². The van der Waals surface area contributed by atoms with Gasteiger partial charge in [-0.3, -0.25) is 4.68 Å². The molecule has 1 aromatic carbocycles. The maximum Gasteiger partial charge on any atom is 0.104 e. The van der Waals surface area contributed by atoms with E-state index >= 15 is 0 Å². The number of hydrogen-bond donors (Lipinski definition) is 1. The summed E-state index contributed by atoms with van der Waals surface area (Å²) in [5.41, 5.74) is 3.59. The molecule has 1 N–H and O–H groups in total. The lowest BCUT2D eigenvalue weighted by Gasteiger charge is -2.30. The number of rotatable bonds is 4.